The van der Waals surface area contributed by atoms with Crippen molar-refractivity contribution in [1.82, 2.24) is 4.98 Å². The number of amides is 1. The molecule has 0 unspecified atom stereocenters. The second kappa shape index (κ2) is 8.61. The predicted molar refractivity (Wildman–Crippen MR) is 103 cm³/mol. The third kappa shape index (κ3) is 5.50. The Balaban J connectivity index is 1.53. The smallest absolute Gasteiger partial charge is 0.271 e. The van der Waals surface area contributed by atoms with Crippen molar-refractivity contribution in [3.63, 3.8) is 0 Å². The van der Waals surface area contributed by atoms with E-state index in [0.29, 0.717) is 28.8 Å². The van der Waals surface area contributed by atoms with Crippen LogP contribution in [0.15, 0.2) is 53.9 Å². The van der Waals surface area contributed by atoms with Crippen LogP contribution in [-0.2, 0) is 17.8 Å². The fraction of sp³-hybridized carbons (Fsp3) is 0.111. The Morgan fingerprint density at radius 2 is 2.04 bits per heavy atom. The first-order chi connectivity index (χ1) is 13.0. The Morgan fingerprint density at radius 1 is 1.26 bits per heavy atom. The molecule has 0 fully saturated rings. The second-order valence-electron chi connectivity index (χ2n) is 5.51. The van der Waals surface area contributed by atoms with Crippen LogP contribution in [0.1, 0.15) is 10.7 Å². The zero-order valence-corrected chi connectivity index (χ0v) is 15.5. The van der Waals surface area contributed by atoms with Gasteiger partial charge in [-0.3, -0.25) is 14.9 Å². The third-order valence-electron chi connectivity index (χ3n) is 3.46. The van der Waals surface area contributed by atoms with Crippen molar-refractivity contribution >= 4 is 40.2 Å². The van der Waals surface area contributed by atoms with Crippen molar-refractivity contribution in [3.8, 4) is 5.75 Å². The van der Waals surface area contributed by atoms with Gasteiger partial charge in [0.1, 0.15) is 17.4 Å². The minimum absolute atomic E-state index is 0.0696. The highest BCUT2D eigenvalue weighted by molar-refractivity contribution is 7.09. The molecular weight excluding hydrogens is 390 g/mol. The number of hydrogen-bond acceptors (Lipinski definition) is 6. The minimum Gasteiger partial charge on any atom is -0.486 e. The summed E-state index contributed by atoms with van der Waals surface area (Å²) in [5.41, 5.74) is 0.899. The lowest BCUT2D eigenvalue weighted by molar-refractivity contribution is -0.384. The van der Waals surface area contributed by atoms with Gasteiger partial charge in [-0.2, -0.15) is 0 Å². The number of benzene rings is 2. The molecule has 0 saturated carbocycles. The molecule has 138 valence electrons. The number of nitro benzene ring substituents is 1. The van der Waals surface area contributed by atoms with Crippen LogP contribution in [0.5, 0.6) is 5.75 Å². The number of nitrogens with zero attached hydrogens (tertiary/aromatic N) is 2. The molecule has 27 heavy (non-hydrogen) atoms. The minimum atomic E-state index is -0.511. The van der Waals surface area contributed by atoms with Crippen molar-refractivity contribution in [2.24, 2.45) is 0 Å². The molecule has 0 aliphatic carbocycles. The van der Waals surface area contributed by atoms with Gasteiger partial charge in [-0.05, 0) is 30.3 Å². The molecule has 9 heteroatoms. The number of carbonyl (C=O) groups is 1. The third-order valence-corrected chi connectivity index (χ3v) is 4.58. The van der Waals surface area contributed by atoms with Gasteiger partial charge in [-0.1, -0.05) is 17.7 Å². The number of halogens is 1. The first-order valence-electron chi connectivity index (χ1n) is 7.85. The van der Waals surface area contributed by atoms with E-state index in [9.17, 15) is 14.9 Å². The molecule has 1 aromatic heterocycles. The number of thiazole rings is 1. The normalized spacial score (nSPS) is 10.4. The molecule has 0 atom stereocenters. The molecule has 1 heterocycles. The van der Waals surface area contributed by atoms with E-state index in [1.54, 1.807) is 35.7 Å². The van der Waals surface area contributed by atoms with Gasteiger partial charge in [0.2, 0.25) is 5.91 Å². The number of nitro groups is 1. The quantitative estimate of drug-likeness (QED) is 0.464. The fourth-order valence-electron chi connectivity index (χ4n) is 2.24. The van der Waals surface area contributed by atoms with Gasteiger partial charge in [-0.15, -0.1) is 11.3 Å². The van der Waals surface area contributed by atoms with Gasteiger partial charge in [-0.25, -0.2) is 4.98 Å². The summed E-state index contributed by atoms with van der Waals surface area (Å²) in [7, 11) is 0. The highest BCUT2D eigenvalue weighted by Gasteiger charge is 2.11. The number of aromatic nitrogens is 1. The van der Waals surface area contributed by atoms with Gasteiger partial charge in [0.15, 0.2) is 0 Å². The van der Waals surface area contributed by atoms with Crippen molar-refractivity contribution in [1.29, 1.82) is 0 Å². The molecule has 3 rings (SSSR count). The maximum Gasteiger partial charge on any atom is 0.271 e. The summed E-state index contributed by atoms with van der Waals surface area (Å²) >= 11 is 7.22. The SMILES string of the molecule is O=C(Cc1csc(COc2ccc(Cl)cc2)n1)Nc1cccc([N+](=O)[O-])c1. The topological polar surface area (TPSA) is 94.4 Å². The van der Waals surface area contributed by atoms with E-state index in [2.05, 4.69) is 10.3 Å². The number of anilines is 1. The van der Waals surface area contributed by atoms with Crippen molar-refractivity contribution < 1.29 is 14.5 Å². The molecule has 0 aliphatic heterocycles. The Morgan fingerprint density at radius 3 is 2.78 bits per heavy atom. The summed E-state index contributed by atoms with van der Waals surface area (Å²) in [6, 6.07) is 12.8. The van der Waals surface area contributed by atoms with Crippen LogP contribution in [0.2, 0.25) is 5.02 Å². The molecule has 3 aromatic rings. The van der Waals surface area contributed by atoms with Crippen LogP contribution in [0.3, 0.4) is 0 Å². The van der Waals surface area contributed by atoms with Gasteiger partial charge in [0.25, 0.3) is 5.69 Å². The van der Waals surface area contributed by atoms with Crippen molar-refractivity contribution in [3.05, 3.63) is 79.7 Å². The summed E-state index contributed by atoms with van der Waals surface area (Å²) in [5.74, 6) is 0.380. The van der Waals surface area contributed by atoms with E-state index in [4.69, 9.17) is 16.3 Å². The summed E-state index contributed by atoms with van der Waals surface area (Å²) in [6.45, 7) is 0.290. The average Bonchev–Trinajstić information content (AvgIpc) is 3.08. The van der Waals surface area contributed by atoms with E-state index in [0.717, 1.165) is 5.01 Å². The number of nitrogens with one attached hydrogen (secondary N) is 1. The molecule has 2 aromatic carbocycles. The first kappa shape index (κ1) is 18.8. The summed E-state index contributed by atoms with van der Waals surface area (Å²) in [5, 5.41) is 16.6. The van der Waals surface area contributed by atoms with Gasteiger partial charge >= 0.3 is 0 Å². The van der Waals surface area contributed by atoms with E-state index < -0.39 is 4.92 Å². The van der Waals surface area contributed by atoms with E-state index in [-0.39, 0.29) is 18.0 Å². The second-order valence-corrected chi connectivity index (χ2v) is 6.89. The Bertz CT molecular complexity index is 959. The lowest BCUT2D eigenvalue weighted by Gasteiger charge is -2.04. The van der Waals surface area contributed by atoms with E-state index in [1.807, 2.05) is 0 Å². The predicted octanol–water partition coefficient (Wildman–Crippen LogP) is 4.46. The molecule has 0 saturated heterocycles. The molecule has 0 radical (unpaired) electrons. The van der Waals surface area contributed by atoms with Crippen LogP contribution in [0.4, 0.5) is 11.4 Å². The maximum absolute atomic E-state index is 12.1. The fourth-order valence-corrected chi connectivity index (χ4v) is 3.07. The number of carbonyl (C=O) groups excluding carboxylic acids is 1. The zero-order valence-electron chi connectivity index (χ0n) is 13.9. The van der Waals surface area contributed by atoms with E-state index >= 15 is 0 Å². The van der Waals surface area contributed by atoms with Crippen LogP contribution in [-0.4, -0.2) is 15.8 Å². The maximum atomic E-state index is 12.1. The summed E-state index contributed by atoms with van der Waals surface area (Å²) < 4.78 is 5.62. The molecule has 0 aliphatic rings. The number of ether oxygens (including phenoxy) is 1. The Kier molecular flexibility index (Phi) is 6.00. The van der Waals surface area contributed by atoms with Gasteiger partial charge in [0.05, 0.1) is 17.0 Å². The van der Waals surface area contributed by atoms with Crippen LogP contribution >= 0.6 is 22.9 Å². The highest BCUT2D eigenvalue weighted by atomic mass is 35.5. The lowest BCUT2D eigenvalue weighted by atomic mass is 10.2. The number of rotatable bonds is 7. The average molecular weight is 404 g/mol. The molecular formula is C18H14ClN3O4S. The lowest BCUT2D eigenvalue weighted by Crippen LogP contribution is -2.14. The van der Waals surface area contributed by atoms with Crippen molar-refractivity contribution in [2.75, 3.05) is 5.32 Å². The highest BCUT2D eigenvalue weighted by Crippen LogP contribution is 2.19. The first-order valence-corrected chi connectivity index (χ1v) is 9.11. The summed E-state index contributed by atoms with van der Waals surface area (Å²) in [4.78, 5) is 26.8. The van der Waals surface area contributed by atoms with Gasteiger partial charge < -0.3 is 10.1 Å². The van der Waals surface area contributed by atoms with Crippen LogP contribution < -0.4 is 10.1 Å². The zero-order chi connectivity index (χ0) is 19.2. The molecule has 0 spiro atoms. The van der Waals surface area contributed by atoms with Crippen LogP contribution in [0, 0.1) is 10.1 Å². The molecule has 1 amide bonds. The standard InChI is InChI=1S/C18H14ClN3O4S/c19-12-4-6-16(7-5-12)26-10-18-21-14(11-27-18)9-17(23)20-13-2-1-3-15(8-13)22(24)25/h1-8,11H,9-10H2,(H,20,23). The molecule has 0 bridgehead atoms. The summed E-state index contributed by atoms with van der Waals surface area (Å²) in [6.07, 6.45) is 0.0696. The van der Waals surface area contributed by atoms with Crippen molar-refractivity contribution in [2.45, 2.75) is 13.0 Å². The Hall–Kier alpha value is -2.97. The number of non-ortho nitro benzene ring substituents is 1. The van der Waals surface area contributed by atoms with E-state index in [1.165, 1.54) is 29.5 Å². The number of hydrogen-bond donors (Lipinski definition) is 1. The largest absolute Gasteiger partial charge is 0.486 e. The molecule has 7 nitrogen and oxygen atoms in total. The Labute approximate surface area is 163 Å². The van der Waals surface area contributed by atoms with Gasteiger partial charge in [0, 0.05) is 28.2 Å². The monoisotopic (exact) mass is 403 g/mol. The van der Waals surface area contributed by atoms with Crippen LogP contribution in [0.25, 0.3) is 0 Å². The molecule has 1 N–H and O–H groups in total.